The lowest BCUT2D eigenvalue weighted by Gasteiger charge is -2.04. The zero-order chi connectivity index (χ0) is 17.9. The highest BCUT2D eigenvalue weighted by atomic mass is 32.2. The first kappa shape index (κ1) is 23.6. The quantitative estimate of drug-likeness (QED) is 0.259. The van der Waals surface area contributed by atoms with Crippen LogP contribution in [0.3, 0.4) is 0 Å². The van der Waals surface area contributed by atoms with Gasteiger partial charge in [-0.05, 0) is 32.1 Å². The van der Waals surface area contributed by atoms with Crippen molar-refractivity contribution in [1.29, 1.82) is 0 Å². The van der Waals surface area contributed by atoms with Gasteiger partial charge in [0.1, 0.15) is 0 Å². The minimum atomic E-state index is -3.50. The van der Waals surface area contributed by atoms with Crippen LogP contribution in [0.2, 0.25) is 0 Å². The van der Waals surface area contributed by atoms with Crippen molar-refractivity contribution in [3.05, 3.63) is 12.2 Å². The number of hydrogen-bond donors (Lipinski definition) is 1. The Balaban J connectivity index is 3.18. The lowest BCUT2D eigenvalue weighted by atomic mass is 10.1. The van der Waals surface area contributed by atoms with Gasteiger partial charge in [0.05, 0.1) is 7.11 Å². The summed E-state index contributed by atoms with van der Waals surface area (Å²) >= 11 is 0. The van der Waals surface area contributed by atoms with Gasteiger partial charge in [0.2, 0.25) is 0 Å². The summed E-state index contributed by atoms with van der Waals surface area (Å²) < 4.78 is 28.8. The van der Waals surface area contributed by atoms with Crippen LogP contribution >= 0.6 is 0 Å². The molecule has 24 heavy (non-hydrogen) atoms. The summed E-state index contributed by atoms with van der Waals surface area (Å²) in [7, 11) is -2.33. The van der Waals surface area contributed by atoms with Crippen molar-refractivity contribution < 1.29 is 12.6 Å². The van der Waals surface area contributed by atoms with Gasteiger partial charge in [-0.25, -0.2) is 0 Å². The molecule has 0 aromatic carbocycles. The molecule has 0 unspecified atom stereocenters. The smallest absolute Gasteiger partial charge is 0.261 e. The first-order valence-electron chi connectivity index (χ1n) is 9.82. The van der Waals surface area contributed by atoms with E-state index < -0.39 is 10.3 Å². The van der Waals surface area contributed by atoms with E-state index in [1.54, 1.807) is 0 Å². The number of unbranched alkanes of at least 4 members (excludes halogenated alkanes) is 12. The molecule has 0 aromatic heterocycles. The number of nitrogens with one attached hydrogen (secondary N) is 1. The average molecular weight is 362 g/mol. The summed E-state index contributed by atoms with van der Waals surface area (Å²) in [6.07, 6.45) is 22.3. The van der Waals surface area contributed by atoms with Gasteiger partial charge in [-0.15, -0.1) is 0 Å². The Hall–Kier alpha value is -0.390. The molecule has 0 spiro atoms. The van der Waals surface area contributed by atoms with Crippen LogP contribution < -0.4 is 4.72 Å². The molecule has 0 rings (SSSR count). The number of allylic oxidation sites excluding steroid dienone is 2. The third-order valence-corrected chi connectivity index (χ3v) is 5.18. The molecule has 0 aliphatic heterocycles. The van der Waals surface area contributed by atoms with Crippen molar-refractivity contribution >= 4 is 10.3 Å². The Morgan fingerprint density at radius 3 is 1.71 bits per heavy atom. The molecule has 144 valence electrons. The fourth-order valence-corrected chi connectivity index (χ4v) is 3.14. The zero-order valence-corrected chi connectivity index (χ0v) is 16.7. The van der Waals surface area contributed by atoms with Crippen molar-refractivity contribution in [3.63, 3.8) is 0 Å². The molecule has 0 aliphatic rings. The first-order valence-corrected chi connectivity index (χ1v) is 11.2. The summed E-state index contributed by atoms with van der Waals surface area (Å²) in [6, 6.07) is 0. The second-order valence-corrected chi connectivity index (χ2v) is 7.98. The molecule has 5 heteroatoms. The lowest BCUT2D eigenvalue weighted by molar-refractivity contribution is 0.386. The van der Waals surface area contributed by atoms with E-state index in [4.69, 9.17) is 0 Å². The van der Waals surface area contributed by atoms with Crippen LogP contribution in [0.5, 0.6) is 0 Å². The fraction of sp³-hybridized carbons (Fsp3) is 0.895. The van der Waals surface area contributed by atoms with E-state index in [0.717, 1.165) is 12.8 Å². The van der Waals surface area contributed by atoms with Gasteiger partial charge >= 0.3 is 10.3 Å². The highest BCUT2D eigenvalue weighted by Gasteiger charge is 2.04. The van der Waals surface area contributed by atoms with Gasteiger partial charge in [0, 0.05) is 6.54 Å². The molecule has 0 heterocycles. The Labute approximate surface area is 150 Å². The highest BCUT2D eigenvalue weighted by Crippen LogP contribution is 2.09. The van der Waals surface area contributed by atoms with Crippen LogP contribution in [-0.4, -0.2) is 22.1 Å². The number of rotatable bonds is 18. The Morgan fingerprint density at radius 2 is 1.21 bits per heavy atom. The molecule has 1 N–H and O–H groups in total. The molecule has 0 amide bonds. The summed E-state index contributed by atoms with van der Waals surface area (Å²) in [4.78, 5) is 0. The second kappa shape index (κ2) is 17.4. The van der Waals surface area contributed by atoms with E-state index in [-0.39, 0.29) is 0 Å². The highest BCUT2D eigenvalue weighted by molar-refractivity contribution is 7.84. The van der Waals surface area contributed by atoms with Crippen molar-refractivity contribution in [2.75, 3.05) is 13.7 Å². The summed E-state index contributed by atoms with van der Waals surface area (Å²) in [5, 5.41) is 0. The SMILES string of the molecule is CCCCCCCC/C=C\CCCCCCCCNS(=O)(=O)OC. The van der Waals surface area contributed by atoms with Gasteiger partial charge < -0.3 is 0 Å². The van der Waals surface area contributed by atoms with E-state index in [2.05, 4.69) is 28.0 Å². The Kier molecular flexibility index (Phi) is 17.2. The summed E-state index contributed by atoms with van der Waals surface area (Å²) in [5.74, 6) is 0. The van der Waals surface area contributed by atoms with Crippen molar-refractivity contribution in [2.24, 2.45) is 0 Å². The minimum Gasteiger partial charge on any atom is -0.261 e. The van der Waals surface area contributed by atoms with E-state index >= 15 is 0 Å². The largest absolute Gasteiger partial charge is 0.335 e. The molecule has 0 radical (unpaired) electrons. The van der Waals surface area contributed by atoms with Crippen molar-refractivity contribution in [1.82, 2.24) is 4.72 Å². The van der Waals surface area contributed by atoms with Gasteiger partial charge in [0.15, 0.2) is 0 Å². The monoisotopic (exact) mass is 361 g/mol. The Bertz CT molecular complexity index is 380. The van der Waals surface area contributed by atoms with Crippen LogP contribution in [0.4, 0.5) is 0 Å². The molecule has 4 nitrogen and oxygen atoms in total. The maximum atomic E-state index is 11.0. The fourth-order valence-electron chi connectivity index (χ4n) is 2.63. The molecular weight excluding hydrogens is 322 g/mol. The maximum absolute atomic E-state index is 11.0. The molecule has 0 fully saturated rings. The van der Waals surface area contributed by atoms with E-state index in [9.17, 15) is 8.42 Å². The molecule has 0 aromatic rings. The zero-order valence-electron chi connectivity index (χ0n) is 15.9. The first-order chi connectivity index (χ1) is 11.6. The molecule has 0 atom stereocenters. The standard InChI is InChI=1S/C19H39NO3S/c1-3-4-5-6-7-8-9-10-11-12-13-14-15-16-17-18-19-20-24(21,22)23-2/h10-11,20H,3-9,12-19H2,1-2H3/b11-10-. The predicted molar refractivity (Wildman–Crippen MR) is 103 cm³/mol. The van der Waals surface area contributed by atoms with Crippen LogP contribution in [0.15, 0.2) is 12.2 Å². The van der Waals surface area contributed by atoms with Gasteiger partial charge in [0.25, 0.3) is 0 Å². The van der Waals surface area contributed by atoms with Crippen LogP contribution in [0, 0.1) is 0 Å². The molecule has 0 bridgehead atoms. The van der Waals surface area contributed by atoms with Crippen LogP contribution in [0.1, 0.15) is 96.8 Å². The molecule has 0 saturated heterocycles. The molecule has 0 aliphatic carbocycles. The number of hydrogen-bond acceptors (Lipinski definition) is 3. The van der Waals surface area contributed by atoms with Gasteiger partial charge in [-0.3, -0.25) is 4.18 Å². The molecule has 0 saturated carbocycles. The maximum Gasteiger partial charge on any atom is 0.335 e. The molecular formula is C19H39NO3S. The topological polar surface area (TPSA) is 55.4 Å². The summed E-state index contributed by atoms with van der Waals surface area (Å²) in [5.41, 5.74) is 0. The minimum absolute atomic E-state index is 0.470. The van der Waals surface area contributed by atoms with E-state index in [0.29, 0.717) is 6.54 Å². The van der Waals surface area contributed by atoms with Crippen molar-refractivity contribution in [2.45, 2.75) is 96.8 Å². The van der Waals surface area contributed by atoms with Crippen molar-refractivity contribution in [3.8, 4) is 0 Å². The third-order valence-electron chi connectivity index (χ3n) is 4.19. The average Bonchev–Trinajstić information content (AvgIpc) is 2.57. The van der Waals surface area contributed by atoms with Gasteiger partial charge in [-0.1, -0.05) is 76.9 Å². The normalized spacial score (nSPS) is 12.2. The predicted octanol–water partition coefficient (Wildman–Crippen LogP) is 5.50. The lowest BCUT2D eigenvalue weighted by Crippen LogP contribution is -2.25. The van der Waals surface area contributed by atoms with Gasteiger partial charge in [-0.2, -0.15) is 13.1 Å². The van der Waals surface area contributed by atoms with E-state index in [1.165, 1.54) is 84.2 Å². The second-order valence-electron chi connectivity index (χ2n) is 6.45. The third kappa shape index (κ3) is 18.0. The van der Waals surface area contributed by atoms with Crippen LogP contribution in [-0.2, 0) is 14.5 Å². The Morgan fingerprint density at radius 1 is 0.750 bits per heavy atom. The van der Waals surface area contributed by atoms with Crippen LogP contribution in [0.25, 0.3) is 0 Å². The van der Waals surface area contributed by atoms with E-state index in [1.807, 2.05) is 0 Å². The summed E-state index contributed by atoms with van der Waals surface area (Å²) in [6.45, 7) is 2.73.